The Bertz CT molecular complexity index is 998. The molecule has 4 nitrogen and oxygen atoms in total. The van der Waals surface area contributed by atoms with Gasteiger partial charge in [0.1, 0.15) is 5.82 Å². The summed E-state index contributed by atoms with van der Waals surface area (Å²) in [6, 6.07) is 7.75. The normalized spacial score (nSPS) is 20.6. The lowest BCUT2D eigenvalue weighted by molar-refractivity contribution is 0.155. The van der Waals surface area contributed by atoms with Gasteiger partial charge in [-0.3, -0.25) is 9.88 Å². The summed E-state index contributed by atoms with van der Waals surface area (Å²) >= 11 is 0. The number of aromatic nitrogens is 2. The molecule has 2 atom stereocenters. The van der Waals surface area contributed by atoms with Gasteiger partial charge in [-0.1, -0.05) is 0 Å². The first-order valence-electron chi connectivity index (χ1n) is 9.76. The summed E-state index contributed by atoms with van der Waals surface area (Å²) in [6.07, 6.45) is 5.92. The Morgan fingerprint density at radius 1 is 1.26 bits per heavy atom. The molecule has 0 unspecified atom stereocenters. The van der Waals surface area contributed by atoms with Crippen LogP contribution in [-0.2, 0) is 13.0 Å². The largest absolute Gasteiger partial charge is 0.387 e. The van der Waals surface area contributed by atoms with Gasteiger partial charge in [-0.2, -0.15) is 0 Å². The van der Waals surface area contributed by atoms with Crippen molar-refractivity contribution in [2.45, 2.75) is 44.9 Å². The zero-order valence-corrected chi connectivity index (χ0v) is 15.5. The van der Waals surface area contributed by atoms with Crippen molar-refractivity contribution >= 4 is 10.9 Å². The number of pyridine rings is 1. The van der Waals surface area contributed by atoms with Crippen LogP contribution in [0.4, 0.5) is 4.39 Å². The van der Waals surface area contributed by atoms with Gasteiger partial charge in [0.2, 0.25) is 0 Å². The maximum atomic E-state index is 15.1. The van der Waals surface area contributed by atoms with Crippen LogP contribution in [0.3, 0.4) is 0 Å². The molecule has 5 heteroatoms. The zero-order valence-electron chi connectivity index (χ0n) is 15.5. The van der Waals surface area contributed by atoms with Crippen LogP contribution in [0.1, 0.15) is 47.4 Å². The molecule has 2 aromatic heterocycles. The topological polar surface area (TPSA) is 41.3 Å². The van der Waals surface area contributed by atoms with E-state index in [2.05, 4.69) is 16.0 Å². The van der Waals surface area contributed by atoms with Gasteiger partial charge in [-0.15, -0.1) is 0 Å². The highest BCUT2D eigenvalue weighted by molar-refractivity contribution is 5.87. The molecule has 4 heterocycles. The molecule has 0 spiro atoms. The Labute approximate surface area is 158 Å². The maximum absolute atomic E-state index is 15.1. The number of halogens is 1. The van der Waals surface area contributed by atoms with Gasteiger partial charge < -0.3 is 9.67 Å². The maximum Gasteiger partial charge on any atom is 0.147 e. The predicted molar refractivity (Wildman–Crippen MR) is 103 cm³/mol. The van der Waals surface area contributed by atoms with Gasteiger partial charge in [0, 0.05) is 42.5 Å². The summed E-state index contributed by atoms with van der Waals surface area (Å²) in [5, 5.41) is 11.8. The molecule has 1 N–H and O–H groups in total. The minimum Gasteiger partial charge on any atom is -0.387 e. The van der Waals surface area contributed by atoms with Crippen LogP contribution in [0, 0.1) is 12.7 Å². The highest BCUT2D eigenvalue weighted by Crippen LogP contribution is 2.44. The van der Waals surface area contributed by atoms with Crippen LogP contribution in [0.5, 0.6) is 0 Å². The van der Waals surface area contributed by atoms with Gasteiger partial charge in [0.05, 0.1) is 18.2 Å². The number of aliphatic hydroxyl groups is 1. The lowest BCUT2D eigenvalue weighted by atomic mass is 9.95. The number of fused-ring (bicyclic) bond motifs is 5. The van der Waals surface area contributed by atoms with E-state index in [1.165, 1.54) is 17.7 Å². The van der Waals surface area contributed by atoms with E-state index in [4.69, 9.17) is 0 Å². The monoisotopic (exact) mass is 365 g/mol. The van der Waals surface area contributed by atoms with E-state index < -0.39 is 6.10 Å². The number of nitrogens with zero attached hydrogens (tertiary/aromatic N) is 3. The van der Waals surface area contributed by atoms with Gasteiger partial charge in [-0.05, 0) is 67.3 Å². The van der Waals surface area contributed by atoms with Crippen LogP contribution in [0.25, 0.3) is 10.9 Å². The second-order valence-corrected chi connectivity index (χ2v) is 7.85. The van der Waals surface area contributed by atoms with Crippen molar-refractivity contribution in [2.75, 3.05) is 13.1 Å². The summed E-state index contributed by atoms with van der Waals surface area (Å²) in [7, 11) is 0. The fourth-order valence-electron chi connectivity index (χ4n) is 5.03. The van der Waals surface area contributed by atoms with E-state index in [1.807, 2.05) is 23.6 Å². The third-order valence-electron chi connectivity index (χ3n) is 6.18. The molecule has 2 aliphatic heterocycles. The molecule has 27 heavy (non-hydrogen) atoms. The fraction of sp³-hybridized carbons (Fsp3) is 0.409. The first-order chi connectivity index (χ1) is 13.1. The van der Waals surface area contributed by atoms with Crippen molar-refractivity contribution in [3.8, 4) is 0 Å². The molecule has 1 fully saturated rings. The van der Waals surface area contributed by atoms with Crippen LogP contribution in [-0.4, -0.2) is 32.6 Å². The van der Waals surface area contributed by atoms with E-state index in [0.717, 1.165) is 42.4 Å². The van der Waals surface area contributed by atoms with Gasteiger partial charge in [0.15, 0.2) is 0 Å². The van der Waals surface area contributed by atoms with E-state index >= 15 is 4.39 Å². The molecule has 5 rings (SSSR count). The Morgan fingerprint density at radius 2 is 2.07 bits per heavy atom. The molecule has 0 radical (unpaired) electrons. The zero-order chi connectivity index (χ0) is 18.5. The van der Waals surface area contributed by atoms with Crippen molar-refractivity contribution in [3.63, 3.8) is 0 Å². The fourth-order valence-corrected chi connectivity index (χ4v) is 5.03. The smallest absolute Gasteiger partial charge is 0.147 e. The molecule has 0 aliphatic carbocycles. The molecule has 1 aromatic carbocycles. The first kappa shape index (κ1) is 16.9. The molecule has 0 saturated carbocycles. The number of benzene rings is 1. The van der Waals surface area contributed by atoms with E-state index in [9.17, 15) is 5.11 Å². The Kier molecular flexibility index (Phi) is 4.02. The minimum atomic E-state index is -0.685. The Hall–Kier alpha value is -2.24. The average molecular weight is 365 g/mol. The number of hydrogen-bond donors (Lipinski definition) is 1. The lowest BCUT2D eigenvalue weighted by Crippen LogP contribution is -2.31. The highest BCUT2D eigenvalue weighted by atomic mass is 19.1. The lowest BCUT2D eigenvalue weighted by Gasteiger charge is -2.31. The first-order valence-corrected chi connectivity index (χ1v) is 9.76. The van der Waals surface area contributed by atoms with E-state index in [-0.39, 0.29) is 5.82 Å². The summed E-state index contributed by atoms with van der Waals surface area (Å²) in [6.45, 7) is 4.46. The summed E-state index contributed by atoms with van der Waals surface area (Å²) in [5.74, 6) is -0.189. The molecule has 140 valence electrons. The number of aliphatic hydroxyl groups excluding tert-OH is 1. The summed E-state index contributed by atoms with van der Waals surface area (Å²) in [4.78, 5) is 6.56. The van der Waals surface area contributed by atoms with Gasteiger partial charge in [-0.25, -0.2) is 4.39 Å². The van der Waals surface area contributed by atoms with E-state index in [1.54, 1.807) is 18.5 Å². The molecule has 0 amide bonds. The quantitative estimate of drug-likeness (QED) is 0.765. The van der Waals surface area contributed by atoms with Crippen molar-refractivity contribution < 1.29 is 9.50 Å². The summed E-state index contributed by atoms with van der Waals surface area (Å²) in [5.41, 5.74) is 4.90. The molecule has 3 aromatic rings. The van der Waals surface area contributed by atoms with Crippen LogP contribution < -0.4 is 0 Å². The molecular formula is C22H24FN3O. The van der Waals surface area contributed by atoms with Gasteiger partial charge >= 0.3 is 0 Å². The molecule has 1 saturated heterocycles. The Balaban J connectivity index is 1.68. The van der Waals surface area contributed by atoms with Crippen LogP contribution >= 0.6 is 0 Å². The van der Waals surface area contributed by atoms with Crippen molar-refractivity contribution in [1.29, 1.82) is 0 Å². The van der Waals surface area contributed by atoms with Crippen molar-refractivity contribution in [3.05, 3.63) is 64.9 Å². The third-order valence-corrected chi connectivity index (χ3v) is 6.18. The highest BCUT2D eigenvalue weighted by Gasteiger charge is 2.36. The average Bonchev–Trinajstić information content (AvgIpc) is 3.25. The number of rotatable bonds is 3. The number of hydrogen-bond acceptors (Lipinski definition) is 3. The number of aryl methyl sites for hydroxylation is 1. The third kappa shape index (κ3) is 2.68. The second kappa shape index (κ2) is 6.43. The van der Waals surface area contributed by atoms with Crippen molar-refractivity contribution in [2.24, 2.45) is 0 Å². The summed E-state index contributed by atoms with van der Waals surface area (Å²) < 4.78 is 17.1. The minimum absolute atomic E-state index is 0.189. The molecular weight excluding hydrogens is 341 g/mol. The molecule has 0 bridgehead atoms. The van der Waals surface area contributed by atoms with Crippen molar-refractivity contribution in [1.82, 2.24) is 14.5 Å². The van der Waals surface area contributed by atoms with Crippen LogP contribution in [0.2, 0.25) is 0 Å². The molecule has 2 aliphatic rings. The Morgan fingerprint density at radius 3 is 2.89 bits per heavy atom. The second-order valence-electron chi connectivity index (χ2n) is 7.85. The van der Waals surface area contributed by atoms with Crippen LogP contribution in [0.15, 0.2) is 36.7 Å². The SMILES string of the molecule is Cc1cc(F)c2c(c1)c1c(n2C[C@@H](O)c2ccncc2)CCN2CCC[C@H]12. The van der Waals surface area contributed by atoms with E-state index in [0.29, 0.717) is 18.1 Å². The predicted octanol–water partition coefficient (Wildman–Crippen LogP) is 3.91. The van der Waals surface area contributed by atoms with Gasteiger partial charge in [0.25, 0.3) is 0 Å². The standard InChI is InChI=1S/C22H24FN3O/c1-14-11-16-21-18-3-2-9-25(18)10-6-19(21)26(22(16)17(23)12-14)13-20(27)15-4-7-24-8-5-15/h4-5,7-8,11-12,18,20,27H,2-3,6,9-10,13H2,1H3/t18-,20-/m1/s1.